The standard InChI is InChI=1S/C22H23N3O3/c1-27-19-9-5-6-17(14-19)20-15-21(23-22(26)16-10-12-28-13-11-16)25(24-20)18-7-3-2-4-8-18/h2-9,14-16H,10-13H2,1H3,(H,23,26). The molecule has 1 N–H and O–H groups in total. The first-order chi connectivity index (χ1) is 13.7. The summed E-state index contributed by atoms with van der Waals surface area (Å²) in [6.07, 6.45) is 1.49. The number of para-hydroxylation sites is 1. The summed E-state index contributed by atoms with van der Waals surface area (Å²) in [6, 6.07) is 19.4. The Morgan fingerprint density at radius 1 is 1.11 bits per heavy atom. The lowest BCUT2D eigenvalue weighted by atomic mass is 9.99. The van der Waals surface area contributed by atoms with Gasteiger partial charge in [0.2, 0.25) is 5.91 Å². The molecule has 4 rings (SSSR count). The van der Waals surface area contributed by atoms with Gasteiger partial charge in [0.05, 0.1) is 18.5 Å². The lowest BCUT2D eigenvalue weighted by Crippen LogP contribution is -2.29. The van der Waals surface area contributed by atoms with Crippen molar-refractivity contribution in [2.45, 2.75) is 12.8 Å². The van der Waals surface area contributed by atoms with Crippen LogP contribution < -0.4 is 10.1 Å². The Balaban J connectivity index is 1.69. The van der Waals surface area contributed by atoms with Gasteiger partial charge in [0.15, 0.2) is 0 Å². The van der Waals surface area contributed by atoms with Crippen molar-refractivity contribution in [2.75, 3.05) is 25.6 Å². The average molecular weight is 377 g/mol. The molecule has 28 heavy (non-hydrogen) atoms. The fraction of sp³-hybridized carbons (Fsp3) is 0.273. The first-order valence-electron chi connectivity index (χ1n) is 9.43. The molecule has 0 aliphatic carbocycles. The van der Waals surface area contributed by atoms with Gasteiger partial charge < -0.3 is 14.8 Å². The summed E-state index contributed by atoms with van der Waals surface area (Å²) in [7, 11) is 1.64. The Morgan fingerprint density at radius 3 is 2.64 bits per heavy atom. The van der Waals surface area contributed by atoms with Gasteiger partial charge in [0, 0.05) is 30.8 Å². The number of nitrogens with zero attached hydrogens (tertiary/aromatic N) is 2. The van der Waals surface area contributed by atoms with E-state index in [4.69, 9.17) is 14.6 Å². The van der Waals surface area contributed by atoms with Crippen molar-refractivity contribution < 1.29 is 14.3 Å². The molecule has 6 nitrogen and oxygen atoms in total. The van der Waals surface area contributed by atoms with E-state index < -0.39 is 0 Å². The van der Waals surface area contributed by atoms with Gasteiger partial charge in [-0.2, -0.15) is 5.10 Å². The van der Waals surface area contributed by atoms with Crippen LogP contribution in [0.3, 0.4) is 0 Å². The molecule has 0 bridgehead atoms. The molecule has 0 saturated carbocycles. The number of carbonyl (C=O) groups excluding carboxylic acids is 1. The Bertz CT molecular complexity index is 947. The maximum Gasteiger partial charge on any atom is 0.228 e. The van der Waals surface area contributed by atoms with E-state index in [0.29, 0.717) is 19.0 Å². The molecule has 2 aromatic carbocycles. The highest BCUT2D eigenvalue weighted by molar-refractivity contribution is 5.92. The van der Waals surface area contributed by atoms with Gasteiger partial charge in [-0.15, -0.1) is 0 Å². The third kappa shape index (κ3) is 3.92. The van der Waals surface area contributed by atoms with Crippen LogP contribution >= 0.6 is 0 Å². The number of methoxy groups -OCH3 is 1. The summed E-state index contributed by atoms with van der Waals surface area (Å²) in [5, 5.41) is 7.82. The molecule has 1 aromatic heterocycles. The van der Waals surface area contributed by atoms with Gasteiger partial charge in [-0.25, -0.2) is 4.68 Å². The van der Waals surface area contributed by atoms with Crippen molar-refractivity contribution in [3.63, 3.8) is 0 Å². The van der Waals surface area contributed by atoms with Crippen LogP contribution in [-0.2, 0) is 9.53 Å². The van der Waals surface area contributed by atoms with Gasteiger partial charge in [-0.1, -0.05) is 30.3 Å². The summed E-state index contributed by atoms with van der Waals surface area (Å²) < 4.78 is 12.5. The minimum Gasteiger partial charge on any atom is -0.497 e. The molecule has 1 aliphatic rings. The number of rotatable bonds is 5. The molecule has 1 fully saturated rings. The molecule has 0 spiro atoms. The minimum absolute atomic E-state index is 0.0116. The van der Waals surface area contributed by atoms with E-state index in [1.165, 1.54) is 0 Å². The topological polar surface area (TPSA) is 65.4 Å². The number of hydrogen-bond acceptors (Lipinski definition) is 4. The van der Waals surface area contributed by atoms with E-state index in [1.54, 1.807) is 11.8 Å². The molecule has 1 aliphatic heterocycles. The summed E-state index contributed by atoms with van der Waals surface area (Å²) in [5.41, 5.74) is 2.58. The van der Waals surface area contributed by atoms with Crippen LogP contribution in [0.5, 0.6) is 5.75 Å². The molecule has 1 saturated heterocycles. The maximum absolute atomic E-state index is 12.8. The van der Waals surface area contributed by atoms with Crippen molar-refractivity contribution >= 4 is 11.7 Å². The van der Waals surface area contributed by atoms with Gasteiger partial charge in [-0.05, 0) is 37.1 Å². The average Bonchev–Trinajstić information content (AvgIpc) is 3.19. The Morgan fingerprint density at radius 2 is 1.89 bits per heavy atom. The van der Waals surface area contributed by atoms with E-state index in [-0.39, 0.29) is 11.8 Å². The van der Waals surface area contributed by atoms with E-state index in [0.717, 1.165) is 35.5 Å². The second kappa shape index (κ2) is 8.27. The van der Waals surface area contributed by atoms with Crippen LogP contribution in [0.15, 0.2) is 60.7 Å². The first kappa shape index (κ1) is 18.3. The monoisotopic (exact) mass is 377 g/mol. The zero-order valence-electron chi connectivity index (χ0n) is 15.8. The molecule has 0 radical (unpaired) electrons. The van der Waals surface area contributed by atoms with Crippen molar-refractivity contribution in [3.05, 3.63) is 60.7 Å². The molecule has 1 amide bonds. The fourth-order valence-electron chi connectivity index (χ4n) is 3.35. The molecule has 2 heterocycles. The van der Waals surface area contributed by atoms with Crippen LogP contribution in [0, 0.1) is 5.92 Å². The number of anilines is 1. The number of hydrogen-bond donors (Lipinski definition) is 1. The number of ether oxygens (including phenoxy) is 2. The van der Waals surface area contributed by atoms with Crippen LogP contribution in [0.2, 0.25) is 0 Å². The first-order valence-corrected chi connectivity index (χ1v) is 9.43. The Labute approximate surface area is 164 Å². The number of carbonyl (C=O) groups is 1. The van der Waals surface area contributed by atoms with Crippen LogP contribution in [0.4, 0.5) is 5.82 Å². The smallest absolute Gasteiger partial charge is 0.228 e. The Kier molecular flexibility index (Phi) is 5.39. The highest BCUT2D eigenvalue weighted by Gasteiger charge is 2.23. The highest BCUT2D eigenvalue weighted by atomic mass is 16.5. The molecule has 144 valence electrons. The van der Waals surface area contributed by atoms with E-state index in [9.17, 15) is 4.79 Å². The lowest BCUT2D eigenvalue weighted by molar-refractivity contribution is -0.122. The SMILES string of the molecule is COc1cccc(-c2cc(NC(=O)C3CCOCC3)n(-c3ccccc3)n2)c1. The molecular formula is C22H23N3O3. The van der Waals surface area contributed by atoms with E-state index in [2.05, 4.69) is 5.32 Å². The fourth-order valence-corrected chi connectivity index (χ4v) is 3.35. The lowest BCUT2D eigenvalue weighted by Gasteiger charge is -2.21. The van der Waals surface area contributed by atoms with Crippen LogP contribution in [0.1, 0.15) is 12.8 Å². The van der Waals surface area contributed by atoms with E-state index >= 15 is 0 Å². The molecule has 0 atom stereocenters. The molecule has 0 unspecified atom stereocenters. The number of nitrogens with one attached hydrogen (secondary N) is 1. The Hall–Kier alpha value is -3.12. The summed E-state index contributed by atoms with van der Waals surface area (Å²) in [4.78, 5) is 12.8. The quantitative estimate of drug-likeness (QED) is 0.732. The highest BCUT2D eigenvalue weighted by Crippen LogP contribution is 2.28. The van der Waals surface area contributed by atoms with Crippen LogP contribution in [-0.4, -0.2) is 36.0 Å². The molecule has 3 aromatic rings. The third-order valence-electron chi connectivity index (χ3n) is 4.92. The minimum atomic E-state index is -0.0341. The number of aromatic nitrogens is 2. The zero-order chi connectivity index (χ0) is 19.3. The maximum atomic E-state index is 12.8. The molecule has 6 heteroatoms. The van der Waals surface area contributed by atoms with Gasteiger partial charge in [-0.3, -0.25) is 4.79 Å². The summed E-state index contributed by atoms with van der Waals surface area (Å²) in [6.45, 7) is 1.26. The summed E-state index contributed by atoms with van der Waals surface area (Å²) in [5.74, 6) is 1.39. The van der Waals surface area contributed by atoms with Crippen molar-refractivity contribution in [1.82, 2.24) is 9.78 Å². The number of benzene rings is 2. The van der Waals surface area contributed by atoms with Crippen LogP contribution in [0.25, 0.3) is 16.9 Å². The van der Waals surface area contributed by atoms with Gasteiger partial charge >= 0.3 is 0 Å². The van der Waals surface area contributed by atoms with Gasteiger partial charge in [0.1, 0.15) is 11.6 Å². The van der Waals surface area contributed by atoms with Gasteiger partial charge in [0.25, 0.3) is 0 Å². The van der Waals surface area contributed by atoms with Crippen molar-refractivity contribution in [1.29, 1.82) is 0 Å². The van der Waals surface area contributed by atoms with Crippen molar-refractivity contribution in [2.24, 2.45) is 5.92 Å². The second-order valence-corrected chi connectivity index (χ2v) is 6.77. The normalized spacial score (nSPS) is 14.6. The third-order valence-corrected chi connectivity index (χ3v) is 4.92. The molecular weight excluding hydrogens is 354 g/mol. The zero-order valence-corrected chi connectivity index (χ0v) is 15.8. The number of amides is 1. The predicted octanol–water partition coefficient (Wildman–Crippen LogP) is 3.91. The summed E-state index contributed by atoms with van der Waals surface area (Å²) >= 11 is 0. The predicted molar refractivity (Wildman–Crippen MR) is 108 cm³/mol. The van der Waals surface area contributed by atoms with E-state index in [1.807, 2.05) is 60.7 Å². The largest absolute Gasteiger partial charge is 0.497 e. The van der Waals surface area contributed by atoms with Crippen molar-refractivity contribution in [3.8, 4) is 22.7 Å². The second-order valence-electron chi connectivity index (χ2n) is 6.77.